The Morgan fingerprint density at radius 2 is 1.49 bits per heavy atom. The SMILES string of the molecule is COc1ccc(-c2oc3ncn4nc(-c5ccccc5O)nc4c3c2-c2ccc(OC)cc2)cc1. The molecule has 172 valence electrons. The first-order chi connectivity index (χ1) is 17.2. The van der Waals surface area contributed by atoms with Gasteiger partial charge < -0.3 is 19.0 Å². The summed E-state index contributed by atoms with van der Waals surface area (Å²) in [5, 5.41) is 15.6. The number of phenols is 1. The molecule has 6 rings (SSSR count). The quantitative estimate of drug-likeness (QED) is 0.355. The van der Waals surface area contributed by atoms with E-state index in [-0.39, 0.29) is 5.75 Å². The lowest BCUT2D eigenvalue weighted by atomic mass is 9.99. The van der Waals surface area contributed by atoms with E-state index in [9.17, 15) is 5.11 Å². The van der Waals surface area contributed by atoms with Crippen molar-refractivity contribution in [2.45, 2.75) is 0 Å². The summed E-state index contributed by atoms with van der Waals surface area (Å²) in [6, 6.07) is 22.4. The number of phenolic OH excluding ortho intramolecular Hbond substituents is 1. The van der Waals surface area contributed by atoms with E-state index in [0.717, 1.165) is 33.6 Å². The van der Waals surface area contributed by atoms with Crippen molar-refractivity contribution in [3.8, 4) is 51.1 Å². The molecule has 1 N–H and O–H groups in total. The van der Waals surface area contributed by atoms with Gasteiger partial charge in [0.25, 0.3) is 0 Å². The molecular weight excluding hydrogens is 444 g/mol. The smallest absolute Gasteiger partial charge is 0.232 e. The number of hydrogen-bond donors (Lipinski definition) is 1. The molecule has 0 bridgehead atoms. The Bertz CT molecular complexity index is 1670. The molecule has 3 aromatic carbocycles. The summed E-state index contributed by atoms with van der Waals surface area (Å²) >= 11 is 0. The number of fused-ring (bicyclic) bond motifs is 3. The van der Waals surface area contributed by atoms with Crippen LogP contribution >= 0.6 is 0 Å². The molecule has 0 saturated heterocycles. The van der Waals surface area contributed by atoms with Crippen molar-refractivity contribution in [1.82, 2.24) is 19.6 Å². The van der Waals surface area contributed by atoms with E-state index in [2.05, 4.69) is 10.1 Å². The van der Waals surface area contributed by atoms with Crippen molar-refractivity contribution in [3.63, 3.8) is 0 Å². The van der Waals surface area contributed by atoms with Gasteiger partial charge in [-0.3, -0.25) is 0 Å². The maximum absolute atomic E-state index is 10.3. The fourth-order valence-electron chi connectivity index (χ4n) is 4.15. The van der Waals surface area contributed by atoms with Crippen LogP contribution < -0.4 is 9.47 Å². The average molecular weight is 464 g/mol. The number of para-hydroxylation sites is 1. The Balaban J connectivity index is 1.65. The van der Waals surface area contributed by atoms with Crippen molar-refractivity contribution >= 4 is 16.7 Å². The van der Waals surface area contributed by atoms with Gasteiger partial charge in [-0.15, -0.1) is 5.10 Å². The average Bonchev–Trinajstić information content (AvgIpc) is 3.51. The zero-order valence-corrected chi connectivity index (χ0v) is 19.0. The molecule has 0 atom stereocenters. The first-order valence-corrected chi connectivity index (χ1v) is 10.9. The number of ether oxygens (including phenoxy) is 2. The van der Waals surface area contributed by atoms with Crippen molar-refractivity contribution in [3.05, 3.63) is 79.1 Å². The third-order valence-electron chi connectivity index (χ3n) is 5.90. The van der Waals surface area contributed by atoms with Gasteiger partial charge in [0, 0.05) is 11.1 Å². The van der Waals surface area contributed by atoms with Crippen LogP contribution in [0, 0.1) is 0 Å². The Morgan fingerprint density at radius 3 is 2.14 bits per heavy atom. The molecule has 35 heavy (non-hydrogen) atoms. The highest BCUT2D eigenvalue weighted by molar-refractivity contribution is 6.07. The lowest BCUT2D eigenvalue weighted by Crippen LogP contribution is -1.91. The third-order valence-corrected chi connectivity index (χ3v) is 5.90. The molecule has 6 aromatic rings. The van der Waals surface area contributed by atoms with Crippen LogP contribution in [0.4, 0.5) is 0 Å². The fraction of sp³-hybridized carbons (Fsp3) is 0.0741. The van der Waals surface area contributed by atoms with Gasteiger partial charge in [-0.05, 0) is 54.1 Å². The standard InChI is InChI=1S/C27H20N4O4/c1-33-18-11-7-16(8-12-18)22-23-26-29-25(20-5-3-4-6-21(20)32)30-31(26)15-28-27(23)35-24(22)17-9-13-19(34-2)14-10-17/h3-15,32H,1-2H3. The molecule has 0 spiro atoms. The van der Waals surface area contributed by atoms with Gasteiger partial charge in [0.05, 0.1) is 25.2 Å². The number of aromatic hydroxyl groups is 1. The number of nitrogens with zero attached hydrogens (tertiary/aromatic N) is 4. The molecule has 3 aromatic heterocycles. The minimum atomic E-state index is 0.106. The van der Waals surface area contributed by atoms with Crippen molar-refractivity contribution in [2.75, 3.05) is 14.2 Å². The van der Waals surface area contributed by atoms with Crippen molar-refractivity contribution in [2.24, 2.45) is 0 Å². The number of furan rings is 1. The van der Waals surface area contributed by atoms with Crippen molar-refractivity contribution < 1.29 is 19.0 Å². The van der Waals surface area contributed by atoms with Crippen LogP contribution in [-0.4, -0.2) is 38.9 Å². The van der Waals surface area contributed by atoms with Gasteiger partial charge >= 0.3 is 0 Å². The van der Waals surface area contributed by atoms with E-state index in [4.69, 9.17) is 18.9 Å². The highest BCUT2D eigenvalue weighted by atomic mass is 16.5. The number of aromatic nitrogens is 4. The molecule has 0 unspecified atom stereocenters. The van der Waals surface area contributed by atoms with Gasteiger partial charge in [-0.25, -0.2) is 14.5 Å². The number of methoxy groups -OCH3 is 2. The summed E-state index contributed by atoms with van der Waals surface area (Å²) < 4.78 is 18.6. The molecule has 0 amide bonds. The minimum Gasteiger partial charge on any atom is -0.507 e. The second-order valence-corrected chi connectivity index (χ2v) is 7.91. The van der Waals surface area contributed by atoms with E-state index in [1.54, 1.807) is 43.3 Å². The zero-order chi connectivity index (χ0) is 23.9. The van der Waals surface area contributed by atoms with Gasteiger partial charge in [0.2, 0.25) is 5.71 Å². The predicted molar refractivity (Wildman–Crippen MR) is 132 cm³/mol. The van der Waals surface area contributed by atoms with E-state index in [1.165, 1.54) is 0 Å². The van der Waals surface area contributed by atoms with Gasteiger partial charge in [0.1, 0.15) is 29.3 Å². The Kier molecular flexibility index (Phi) is 4.84. The van der Waals surface area contributed by atoms with Crippen LogP contribution in [0.2, 0.25) is 0 Å². The van der Waals surface area contributed by atoms with Crippen LogP contribution in [0.5, 0.6) is 17.2 Å². The number of hydrogen-bond acceptors (Lipinski definition) is 7. The number of rotatable bonds is 5. The summed E-state index contributed by atoms with van der Waals surface area (Å²) in [4.78, 5) is 9.29. The highest BCUT2D eigenvalue weighted by Crippen LogP contribution is 2.42. The molecule has 0 saturated carbocycles. The molecule has 0 aliphatic carbocycles. The summed E-state index contributed by atoms with van der Waals surface area (Å²) in [6.45, 7) is 0. The van der Waals surface area contributed by atoms with Gasteiger partial charge in [0.15, 0.2) is 11.5 Å². The number of benzene rings is 3. The van der Waals surface area contributed by atoms with E-state index >= 15 is 0 Å². The molecule has 0 fully saturated rings. The van der Waals surface area contributed by atoms with Crippen LogP contribution in [0.25, 0.3) is 50.6 Å². The molecule has 0 aliphatic rings. The van der Waals surface area contributed by atoms with Crippen molar-refractivity contribution in [1.29, 1.82) is 0 Å². The van der Waals surface area contributed by atoms with E-state index < -0.39 is 0 Å². The largest absolute Gasteiger partial charge is 0.507 e. The van der Waals surface area contributed by atoms with Gasteiger partial charge in [-0.2, -0.15) is 0 Å². The van der Waals surface area contributed by atoms with E-state index in [1.807, 2.05) is 54.6 Å². The summed E-state index contributed by atoms with van der Waals surface area (Å²) in [5.41, 5.74) is 4.16. The molecule has 8 heteroatoms. The fourth-order valence-corrected chi connectivity index (χ4v) is 4.15. The zero-order valence-electron chi connectivity index (χ0n) is 19.0. The maximum Gasteiger partial charge on any atom is 0.232 e. The maximum atomic E-state index is 10.3. The Morgan fingerprint density at radius 1 is 0.829 bits per heavy atom. The van der Waals surface area contributed by atoms with Crippen LogP contribution in [0.15, 0.2) is 83.5 Å². The van der Waals surface area contributed by atoms with Crippen LogP contribution in [0.3, 0.4) is 0 Å². The van der Waals surface area contributed by atoms with Crippen LogP contribution in [-0.2, 0) is 0 Å². The normalized spacial score (nSPS) is 11.3. The Hall–Kier alpha value is -4.85. The highest BCUT2D eigenvalue weighted by Gasteiger charge is 2.23. The van der Waals surface area contributed by atoms with Gasteiger partial charge in [-0.1, -0.05) is 24.3 Å². The molecule has 0 aliphatic heterocycles. The minimum absolute atomic E-state index is 0.106. The molecular formula is C27H20N4O4. The summed E-state index contributed by atoms with van der Waals surface area (Å²) in [6.07, 6.45) is 1.56. The first-order valence-electron chi connectivity index (χ1n) is 10.9. The second-order valence-electron chi connectivity index (χ2n) is 7.91. The Labute approximate surface area is 200 Å². The second kappa shape index (κ2) is 8.18. The molecule has 3 heterocycles. The molecule has 0 radical (unpaired) electrons. The monoisotopic (exact) mass is 464 g/mol. The first kappa shape index (κ1) is 20.7. The summed E-state index contributed by atoms with van der Waals surface area (Å²) in [5.74, 6) is 2.65. The molecule has 8 nitrogen and oxygen atoms in total. The predicted octanol–water partition coefficient (Wildman–Crippen LogP) is 5.59. The van der Waals surface area contributed by atoms with Crippen LogP contribution in [0.1, 0.15) is 0 Å². The summed E-state index contributed by atoms with van der Waals surface area (Å²) in [7, 11) is 3.27. The third kappa shape index (κ3) is 3.43. The lowest BCUT2D eigenvalue weighted by molar-refractivity contribution is 0.414. The topological polar surface area (TPSA) is 94.9 Å². The van der Waals surface area contributed by atoms with E-state index in [0.29, 0.717) is 28.5 Å². The lowest BCUT2D eigenvalue weighted by Gasteiger charge is -2.06.